The molecular formula is C13H9FN2O3. The number of aromatic amines is 1. The van der Waals surface area contributed by atoms with Gasteiger partial charge in [-0.25, -0.2) is 0 Å². The Morgan fingerprint density at radius 2 is 2.00 bits per heavy atom. The Hall–Kier alpha value is -2.63. The quantitative estimate of drug-likeness (QED) is 0.676. The summed E-state index contributed by atoms with van der Waals surface area (Å²) >= 11 is 0. The van der Waals surface area contributed by atoms with E-state index in [0.717, 1.165) is 4.74 Å². The predicted octanol–water partition coefficient (Wildman–Crippen LogP) is 1.63. The monoisotopic (exact) mass is 260 g/mol. The van der Waals surface area contributed by atoms with Crippen LogP contribution in [0.1, 0.15) is 0 Å². The number of aromatic nitrogens is 2. The van der Waals surface area contributed by atoms with Gasteiger partial charge in [-0.3, -0.25) is 14.6 Å². The number of hydrogen-bond donors (Lipinski definition) is 1. The molecule has 3 rings (SSSR count). The average molecular weight is 260 g/mol. The first-order valence-corrected chi connectivity index (χ1v) is 5.55. The van der Waals surface area contributed by atoms with Crippen LogP contribution in [0.2, 0.25) is 0 Å². The molecule has 2 aromatic heterocycles. The van der Waals surface area contributed by atoms with Crippen molar-refractivity contribution in [2.45, 2.75) is 0 Å². The summed E-state index contributed by atoms with van der Waals surface area (Å²) in [6, 6.07) is 7.37. The van der Waals surface area contributed by atoms with Gasteiger partial charge in [-0.2, -0.15) is 9.13 Å². The Morgan fingerprint density at radius 1 is 1.21 bits per heavy atom. The van der Waals surface area contributed by atoms with Gasteiger partial charge in [0.1, 0.15) is 0 Å². The van der Waals surface area contributed by atoms with Crippen molar-refractivity contribution in [3.8, 4) is 11.1 Å². The number of benzene rings is 1. The summed E-state index contributed by atoms with van der Waals surface area (Å²) < 4.78 is 20.0. The van der Waals surface area contributed by atoms with E-state index in [1.165, 1.54) is 25.2 Å². The van der Waals surface area contributed by atoms with Gasteiger partial charge in [0, 0.05) is 18.7 Å². The molecule has 0 fully saturated rings. The fraction of sp³-hybridized carbons (Fsp3) is 0.0769. The number of H-pyrrole nitrogens is 1. The highest BCUT2D eigenvalue weighted by molar-refractivity contribution is 5.82. The minimum atomic E-state index is -0.729. The number of aryl methyl sites for hydroxylation is 1. The number of nitrogens with zero attached hydrogens (tertiary/aromatic N) is 1. The van der Waals surface area contributed by atoms with Gasteiger partial charge in [-0.1, -0.05) is 6.07 Å². The highest BCUT2D eigenvalue weighted by Crippen LogP contribution is 2.23. The van der Waals surface area contributed by atoms with Gasteiger partial charge in [-0.05, 0) is 23.8 Å². The molecule has 0 spiro atoms. The highest BCUT2D eigenvalue weighted by Gasteiger charge is 2.11. The predicted molar refractivity (Wildman–Crippen MR) is 67.5 cm³/mol. The first kappa shape index (κ1) is 11.5. The summed E-state index contributed by atoms with van der Waals surface area (Å²) in [5.41, 5.74) is 0.355. The molecule has 1 N–H and O–H groups in total. The normalized spacial score (nSPS) is 11.1. The summed E-state index contributed by atoms with van der Waals surface area (Å²) in [5.74, 6) is -0.729. The second-order valence-electron chi connectivity index (χ2n) is 4.16. The lowest BCUT2D eigenvalue weighted by molar-refractivity contribution is 0.324. The molecule has 19 heavy (non-hydrogen) atoms. The van der Waals surface area contributed by atoms with E-state index in [1.807, 2.05) is 0 Å². The smallest absolute Gasteiger partial charge is 0.290 e. The third-order valence-electron chi connectivity index (χ3n) is 2.91. The van der Waals surface area contributed by atoms with Crippen LogP contribution >= 0.6 is 0 Å². The Balaban J connectivity index is 2.28. The Morgan fingerprint density at radius 3 is 2.74 bits per heavy atom. The first-order valence-electron chi connectivity index (χ1n) is 5.55. The Kier molecular flexibility index (Phi) is 2.38. The van der Waals surface area contributed by atoms with Crippen molar-refractivity contribution in [1.29, 1.82) is 0 Å². The van der Waals surface area contributed by atoms with Crippen molar-refractivity contribution in [2.75, 3.05) is 0 Å². The van der Waals surface area contributed by atoms with E-state index in [4.69, 9.17) is 4.52 Å². The van der Waals surface area contributed by atoms with E-state index < -0.39 is 11.5 Å². The topological polar surface area (TPSA) is 68.0 Å². The maximum Gasteiger partial charge on any atom is 0.290 e. The number of rotatable bonds is 1. The minimum absolute atomic E-state index is 0.227. The van der Waals surface area contributed by atoms with Crippen molar-refractivity contribution < 1.29 is 8.91 Å². The van der Waals surface area contributed by atoms with Crippen LogP contribution in [0.25, 0.3) is 22.1 Å². The second-order valence-corrected chi connectivity index (χ2v) is 4.16. The number of nitrogens with one attached hydrogen (secondary N) is 1. The zero-order valence-corrected chi connectivity index (χ0v) is 9.94. The van der Waals surface area contributed by atoms with Crippen LogP contribution in [0.15, 0.2) is 44.4 Å². The molecular weight excluding hydrogens is 251 g/mol. The third-order valence-corrected chi connectivity index (χ3v) is 2.91. The van der Waals surface area contributed by atoms with Crippen LogP contribution in [0.5, 0.6) is 0 Å². The van der Waals surface area contributed by atoms with Gasteiger partial charge < -0.3 is 4.52 Å². The molecule has 0 unspecified atom stereocenters. The summed E-state index contributed by atoms with van der Waals surface area (Å²) in [7, 11) is 1.50. The largest absolute Gasteiger partial charge is 0.376 e. The molecule has 0 saturated heterocycles. The molecule has 0 atom stereocenters. The van der Waals surface area contributed by atoms with E-state index in [9.17, 15) is 14.0 Å². The molecule has 2 heterocycles. The van der Waals surface area contributed by atoms with Crippen LogP contribution in [-0.2, 0) is 7.05 Å². The molecule has 5 nitrogen and oxygen atoms in total. The molecule has 6 heteroatoms. The number of fused-ring (bicyclic) bond motifs is 1. The molecule has 0 aliphatic carbocycles. The average Bonchev–Trinajstić information content (AvgIpc) is 2.65. The molecule has 0 aliphatic rings. The van der Waals surface area contributed by atoms with Crippen LogP contribution in [-0.4, -0.2) is 9.72 Å². The highest BCUT2D eigenvalue weighted by atomic mass is 19.1. The molecule has 96 valence electrons. The van der Waals surface area contributed by atoms with Crippen molar-refractivity contribution >= 4 is 11.0 Å². The fourth-order valence-corrected chi connectivity index (χ4v) is 1.98. The molecule has 3 aromatic rings. The number of hydrogen-bond acceptors (Lipinski definition) is 3. The SMILES string of the molecule is Cn1oc2ccc(-c3ccc(=O)[nH]c3F)cc2c1=O. The zero-order chi connectivity index (χ0) is 13.6. The van der Waals surface area contributed by atoms with E-state index in [-0.39, 0.29) is 11.1 Å². The van der Waals surface area contributed by atoms with E-state index >= 15 is 0 Å². The standard InChI is InChI=1S/C13H9FN2O3/c1-16-13(18)9-6-7(2-4-10(9)19-16)8-3-5-11(17)15-12(8)14/h2-6H,1H3,(H,15,17). The fourth-order valence-electron chi connectivity index (χ4n) is 1.98. The summed E-state index contributed by atoms with van der Waals surface area (Å²) in [6.45, 7) is 0. The number of halogens is 1. The lowest BCUT2D eigenvalue weighted by Crippen LogP contribution is -2.09. The zero-order valence-electron chi connectivity index (χ0n) is 9.94. The van der Waals surface area contributed by atoms with Gasteiger partial charge in [0.2, 0.25) is 11.5 Å². The van der Waals surface area contributed by atoms with Gasteiger partial charge in [0.25, 0.3) is 5.56 Å². The maximum absolute atomic E-state index is 13.7. The molecule has 0 bridgehead atoms. The van der Waals surface area contributed by atoms with Crippen molar-refractivity contribution in [3.05, 3.63) is 57.0 Å². The maximum atomic E-state index is 13.7. The molecule has 0 amide bonds. The van der Waals surface area contributed by atoms with Crippen LogP contribution in [0.3, 0.4) is 0 Å². The lowest BCUT2D eigenvalue weighted by atomic mass is 10.1. The van der Waals surface area contributed by atoms with Crippen LogP contribution in [0.4, 0.5) is 4.39 Å². The molecule has 0 aliphatic heterocycles. The minimum Gasteiger partial charge on any atom is -0.376 e. The molecule has 1 aromatic carbocycles. The van der Waals surface area contributed by atoms with Crippen LogP contribution in [0, 0.1) is 5.95 Å². The summed E-state index contributed by atoms with van der Waals surface area (Å²) in [4.78, 5) is 24.8. The van der Waals surface area contributed by atoms with Gasteiger partial charge in [0.05, 0.1) is 5.39 Å². The second kappa shape index (κ2) is 3.94. The first-order chi connectivity index (χ1) is 9.06. The Bertz CT molecular complexity index is 889. The van der Waals surface area contributed by atoms with Crippen molar-refractivity contribution in [2.24, 2.45) is 7.05 Å². The van der Waals surface area contributed by atoms with E-state index in [2.05, 4.69) is 4.98 Å². The van der Waals surface area contributed by atoms with Crippen LogP contribution < -0.4 is 11.1 Å². The molecule has 0 radical (unpaired) electrons. The van der Waals surface area contributed by atoms with Gasteiger partial charge >= 0.3 is 0 Å². The van der Waals surface area contributed by atoms with Gasteiger partial charge in [0.15, 0.2) is 5.58 Å². The third kappa shape index (κ3) is 1.77. The Labute approximate surface area is 105 Å². The summed E-state index contributed by atoms with van der Waals surface area (Å²) in [5, 5.41) is 0.366. The van der Waals surface area contributed by atoms with E-state index in [1.54, 1.807) is 12.1 Å². The van der Waals surface area contributed by atoms with Crippen molar-refractivity contribution in [1.82, 2.24) is 9.72 Å². The van der Waals surface area contributed by atoms with Crippen molar-refractivity contribution in [3.63, 3.8) is 0 Å². The van der Waals surface area contributed by atoms with Gasteiger partial charge in [-0.15, -0.1) is 0 Å². The summed E-state index contributed by atoms with van der Waals surface area (Å²) in [6.07, 6.45) is 0. The molecule has 0 saturated carbocycles. The lowest BCUT2D eigenvalue weighted by Gasteiger charge is -2.01. The number of pyridine rings is 1. The van der Waals surface area contributed by atoms with E-state index in [0.29, 0.717) is 16.5 Å².